The summed E-state index contributed by atoms with van der Waals surface area (Å²) in [6.07, 6.45) is 0.961. The van der Waals surface area contributed by atoms with Crippen LogP contribution in [0.15, 0.2) is 28.8 Å². The van der Waals surface area contributed by atoms with Crippen LogP contribution in [0.2, 0.25) is 0 Å². The number of nitrogens with zero attached hydrogens (tertiary/aromatic N) is 3. The van der Waals surface area contributed by atoms with Gasteiger partial charge in [0.15, 0.2) is 5.82 Å². The third-order valence-corrected chi connectivity index (χ3v) is 4.11. The minimum Gasteiger partial charge on any atom is -0.337 e. The Labute approximate surface area is 154 Å². The van der Waals surface area contributed by atoms with Gasteiger partial charge in [-0.05, 0) is 25.1 Å². The van der Waals surface area contributed by atoms with Crippen LogP contribution in [0.5, 0.6) is 0 Å². The Hall–Kier alpha value is -1.92. The maximum atomic E-state index is 13.0. The highest BCUT2D eigenvalue weighted by Crippen LogP contribution is 2.27. The van der Waals surface area contributed by atoms with Crippen LogP contribution in [0.25, 0.3) is 11.5 Å². The Morgan fingerprint density at radius 3 is 2.68 bits per heavy atom. The lowest BCUT2D eigenvalue weighted by Gasteiger charge is -2.20. The minimum absolute atomic E-state index is 0. The molecule has 3 rings (SSSR count). The fourth-order valence-corrected chi connectivity index (χ4v) is 2.71. The molecule has 1 saturated heterocycles. The van der Waals surface area contributed by atoms with E-state index in [1.54, 1.807) is 0 Å². The molecule has 2 heterocycles. The van der Waals surface area contributed by atoms with Crippen LogP contribution in [0.4, 0.5) is 0 Å². The van der Waals surface area contributed by atoms with Crippen LogP contribution < -0.4 is 5.32 Å². The van der Waals surface area contributed by atoms with E-state index in [0.29, 0.717) is 29.4 Å². The van der Waals surface area contributed by atoms with E-state index in [1.807, 2.05) is 49.9 Å². The second-order valence-electron chi connectivity index (χ2n) is 7.11. The molecule has 1 aromatic heterocycles. The smallest absolute Gasteiger partial charge is 0.258 e. The highest BCUT2D eigenvalue weighted by molar-refractivity contribution is 6.00. The second-order valence-corrected chi connectivity index (χ2v) is 7.11. The van der Waals surface area contributed by atoms with E-state index in [4.69, 9.17) is 4.52 Å². The summed E-state index contributed by atoms with van der Waals surface area (Å²) in [4.78, 5) is 19.3. The Balaban J connectivity index is 0.00000225. The fourth-order valence-electron chi connectivity index (χ4n) is 2.71. The van der Waals surface area contributed by atoms with Gasteiger partial charge in [0.2, 0.25) is 0 Å². The number of rotatable bonds is 2. The topological polar surface area (TPSA) is 71.3 Å². The first-order chi connectivity index (χ1) is 11.5. The third kappa shape index (κ3) is 4.38. The molecule has 7 heteroatoms. The lowest BCUT2D eigenvalue weighted by Crippen LogP contribution is -2.34. The molecule has 0 spiro atoms. The molecule has 6 nitrogen and oxygen atoms in total. The van der Waals surface area contributed by atoms with E-state index in [9.17, 15) is 4.79 Å². The first kappa shape index (κ1) is 19.4. The van der Waals surface area contributed by atoms with Crippen molar-refractivity contribution >= 4 is 18.3 Å². The van der Waals surface area contributed by atoms with Gasteiger partial charge in [-0.15, -0.1) is 12.4 Å². The summed E-state index contributed by atoms with van der Waals surface area (Å²) in [6, 6.07) is 7.45. The Kier molecular flexibility index (Phi) is 6.19. The van der Waals surface area contributed by atoms with Gasteiger partial charge >= 0.3 is 0 Å². The monoisotopic (exact) mass is 364 g/mol. The van der Waals surface area contributed by atoms with Gasteiger partial charge in [0.25, 0.3) is 11.8 Å². The number of aromatic nitrogens is 2. The molecule has 25 heavy (non-hydrogen) atoms. The summed E-state index contributed by atoms with van der Waals surface area (Å²) in [6.45, 7) is 9.34. The molecule has 1 aromatic carbocycles. The molecule has 1 fully saturated rings. The molecule has 136 valence electrons. The number of nitrogens with one attached hydrogen (secondary N) is 1. The second kappa shape index (κ2) is 7.97. The molecular weight excluding hydrogens is 340 g/mol. The highest BCUT2D eigenvalue weighted by atomic mass is 35.5. The maximum absolute atomic E-state index is 13.0. The zero-order chi connectivity index (χ0) is 17.2. The quantitative estimate of drug-likeness (QED) is 0.887. The molecule has 1 aliphatic heterocycles. The molecule has 0 atom stereocenters. The van der Waals surface area contributed by atoms with E-state index in [2.05, 4.69) is 15.5 Å². The van der Waals surface area contributed by atoms with Crippen molar-refractivity contribution < 1.29 is 9.32 Å². The summed E-state index contributed by atoms with van der Waals surface area (Å²) in [5.41, 5.74) is 1.11. The van der Waals surface area contributed by atoms with Crippen LogP contribution in [0, 0.1) is 0 Å². The predicted molar refractivity (Wildman–Crippen MR) is 99.1 cm³/mol. The number of carbonyl (C=O) groups excluding carboxylic acids is 1. The third-order valence-electron chi connectivity index (χ3n) is 4.11. The molecule has 1 aliphatic rings. The van der Waals surface area contributed by atoms with Crippen molar-refractivity contribution in [2.75, 3.05) is 26.2 Å². The van der Waals surface area contributed by atoms with Gasteiger partial charge in [0.05, 0.1) is 11.1 Å². The Morgan fingerprint density at radius 2 is 1.96 bits per heavy atom. The normalized spacial score (nSPS) is 15.4. The highest BCUT2D eigenvalue weighted by Gasteiger charge is 2.25. The summed E-state index contributed by atoms with van der Waals surface area (Å²) in [5, 5.41) is 7.39. The number of carbonyl (C=O) groups is 1. The molecule has 1 N–H and O–H groups in total. The van der Waals surface area contributed by atoms with Gasteiger partial charge in [0.1, 0.15) is 0 Å². The largest absolute Gasteiger partial charge is 0.337 e. The van der Waals surface area contributed by atoms with Gasteiger partial charge in [-0.1, -0.05) is 38.1 Å². The van der Waals surface area contributed by atoms with Crippen LogP contribution in [0.1, 0.15) is 43.4 Å². The summed E-state index contributed by atoms with van der Waals surface area (Å²) < 4.78 is 5.44. The van der Waals surface area contributed by atoms with Gasteiger partial charge < -0.3 is 14.7 Å². The summed E-state index contributed by atoms with van der Waals surface area (Å²) in [5.74, 6) is 1.06. The van der Waals surface area contributed by atoms with Crippen molar-refractivity contribution in [1.29, 1.82) is 0 Å². The molecule has 0 aliphatic carbocycles. The number of halogens is 1. The van der Waals surface area contributed by atoms with Crippen molar-refractivity contribution in [3.05, 3.63) is 35.7 Å². The molecular formula is C18H25ClN4O2. The first-order valence-electron chi connectivity index (χ1n) is 8.40. The number of amides is 1. The predicted octanol–water partition coefficient (Wildman–Crippen LogP) is 2.89. The molecule has 0 radical (unpaired) electrons. The lowest BCUT2D eigenvalue weighted by molar-refractivity contribution is 0.0767. The summed E-state index contributed by atoms with van der Waals surface area (Å²) >= 11 is 0. The number of hydrogen-bond acceptors (Lipinski definition) is 5. The van der Waals surface area contributed by atoms with Crippen molar-refractivity contribution in [3.8, 4) is 11.5 Å². The van der Waals surface area contributed by atoms with Crippen molar-refractivity contribution in [2.45, 2.75) is 32.6 Å². The van der Waals surface area contributed by atoms with Crippen molar-refractivity contribution in [2.24, 2.45) is 0 Å². The minimum atomic E-state index is -0.197. The van der Waals surface area contributed by atoms with Gasteiger partial charge in [-0.2, -0.15) is 4.98 Å². The zero-order valence-electron chi connectivity index (χ0n) is 14.9. The van der Waals surface area contributed by atoms with E-state index in [-0.39, 0.29) is 23.7 Å². The average Bonchev–Trinajstić information content (AvgIpc) is 2.91. The molecule has 1 amide bonds. The maximum Gasteiger partial charge on any atom is 0.258 e. The zero-order valence-corrected chi connectivity index (χ0v) is 15.7. The standard InChI is InChI=1S/C18H24N4O2.ClH/c1-18(2,3)17-20-15(24-21-17)13-7-4-5-8-14(13)16(23)22-11-6-9-19-10-12-22;/h4-5,7-8,19H,6,9-12H2,1-3H3;1H. The average molecular weight is 365 g/mol. The van der Waals surface area contributed by atoms with Gasteiger partial charge in [-0.3, -0.25) is 4.79 Å². The SMILES string of the molecule is CC(C)(C)c1noc(-c2ccccc2C(=O)N2CCCNCC2)n1.Cl. The van der Waals surface area contributed by atoms with Crippen molar-refractivity contribution in [1.82, 2.24) is 20.4 Å². The Bertz CT molecular complexity index is 716. The van der Waals surface area contributed by atoms with E-state index in [0.717, 1.165) is 26.1 Å². The molecule has 0 unspecified atom stereocenters. The van der Waals surface area contributed by atoms with E-state index in [1.165, 1.54) is 0 Å². The molecule has 0 saturated carbocycles. The van der Waals surface area contributed by atoms with E-state index >= 15 is 0 Å². The van der Waals surface area contributed by atoms with Gasteiger partial charge in [-0.25, -0.2) is 0 Å². The Morgan fingerprint density at radius 1 is 1.20 bits per heavy atom. The van der Waals surface area contributed by atoms with Crippen LogP contribution >= 0.6 is 12.4 Å². The number of hydrogen-bond donors (Lipinski definition) is 1. The fraction of sp³-hybridized carbons (Fsp3) is 0.500. The van der Waals surface area contributed by atoms with Crippen LogP contribution in [-0.2, 0) is 5.41 Å². The van der Waals surface area contributed by atoms with Crippen molar-refractivity contribution in [3.63, 3.8) is 0 Å². The van der Waals surface area contributed by atoms with Crippen LogP contribution in [-0.4, -0.2) is 47.1 Å². The molecule has 0 bridgehead atoms. The van der Waals surface area contributed by atoms with E-state index < -0.39 is 0 Å². The summed E-state index contributed by atoms with van der Waals surface area (Å²) in [7, 11) is 0. The van der Waals surface area contributed by atoms with Gasteiger partial charge in [0, 0.05) is 25.0 Å². The van der Waals surface area contributed by atoms with Crippen LogP contribution in [0.3, 0.4) is 0 Å². The molecule has 2 aromatic rings. The first-order valence-corrected chi connectivity index (χ1v) is 8.40. The lowest BCUT2D eigenvalue weighted by atomic mass is 9.96. The number of benzene rings is 1.